The highest BCUT2D eigenvalue weighted by atomic mass is 79.9. The van der Waals surface area contributed by atoms with Crippen LogP contribution in [0.2, 0.25) is 0 Å². The summed E-state index contributed by atoms with van der Waals surface area (Å²) in [5, 5.41) is 0. The highest BCUT2D eigenvalue weighted by Crippen LogP contribution is 2.28. The van der Waals surface area contributed by atoms with Gasteiger partial charge in [-0.25, -0.2) is 4.79 Å². The fraction of sp³-hybridized carbons (Fsp3) is 0.222. The second-order valence-corrected chi connectivity index (χ2v) is 4.25. The predicted octanol–water partition coefficient (Wildman–Crippen LogP) is 2.76. The Hall–Kier alpha value is -0.390. The number of methoxy groups -OCH3 is 1. The van der Waals surface area contributed by atoms with E-state index in [0.29, 0.717) is 5.75 Å². The van der Waals surface area contributed by atoms with E-state index < -0.39 is 5.97 Å². The molecule has 0 amide bonds. The highest BCUT2D eigenvalue weighted by molar-refractivity contribution is 9.11. The van der Waals surface area contributed by atoms with Gasteiger partial charge in [0, 0.05) is 11.6 Å². The number of hydrogen-bond donors (Lipinski definition) is 0. The van der Waals surface area contributed by atoms with E-state index in [0.717, 1.165) is 8.95 Å². The maximum atomic E-state index is 11.1. The minimum absolute atomic E-state index is 0.0566. The highest BCUT2D eigenvalue weighted by Gasteiger charge is 2.07. The molecule has 0 bridgehead atoms. The second-order valence-electron chi connectivity index (χ2n) is 2.48. The third-order valence-electron chi connectivity index (χ3n) is 1.38. The summed E-state index contributed by atoms with van der Waals surface area (Å²) in [7, 11) is 1.44. The number of rotatable bonds is 3. The lowest BCUT2D eigenvalue weighted by molar-refractivity contribution is -0.138. The van der Waals surface area contributed by atoms with Gasteiger partial charge in [0.1, 0.15) is 12.4 Å². The molecule has 0 fully saturated rings. The van der Waals surface area contributed by atoms with Crippen molar-refractivity contribution in [3.8, 4) is 5.75 Å². The van der Waals surface area contributed by atoms with E-state index in [4.69, 9.17) is 4.74 Å². The Morgan fingerprint density at radius 3 is 2.79 bits per heavy atom. The molecule has 0 spiro atoms. The number of hydrogen-bond acceptors (Lipinski definition) is 3. The minimum Gasteiger partial charge on any atom is -0.424 e. The summed E-state index contributed by atoms with van der Waals surface area (Å²) >= 11 is 6.55. The number of carbonyl (C=O) groups is 1. The molecular weight excluding hydrogens is 316 g/mol. The third kappa shape index (κ3) is 3.40. The molecule has 0 aliphatic rings. The summed E-state index contributed by atoms with van der Waals surface area (Å²) in [4.78, 5) is 11.1. The average Bonchev–Trinajstić information content (AvgIpc) is 2.12. The van der Waals surface area contributed by atoms with Crippen LogP contribution in [-0.4, -0.2) is 19.7 Å². The first-order valence-corrected chi connectivity index (χ1v) is 5.36. The molecule has 0 saturated heterocycles. The molecule has 76 valence electrons. The van der Waals surface area contributed by atoms with Crippen molar-refractivity contribution in [1.29, 1.82) is 0 Å². The molecule has 0 atom stereocenters. The van der Waals surface area contributed by atoms with E-state index in [-0.39, 0.29) is 6.61 Å². The van der Waals surface area contributed by atoms with E-state index in [1.165, 1.54) is 7.11 Å². The predicted molar refractivity (Wildman–Crippen MR) is 59.4 cm³/mol. The van der Waals surface area contributed by atoms with Crippen LogP contribution >= 0.6 is 31.9 Å². The van der Waals surface area contributed by atoms with Crippen molar-refractivity contribution in [2.24, 2.45) is 0 Å². The zero-order valence-corrected chi connectivity index (χ0v) is 10.6. The van der Waals surface area contributed by atoms with Crippen LogP contribution in [0.25, 0.3) is 0 Å². The molecule has 0 radical (unpaired) electrons. The quantitative estimate of drug-likeness (QED) is 0.634. The summed E-state index contributed by atoms with van der Waals surface area (Å²) in [6, 6.07) is 5.34. The molecule has 14 heavy (non-hydrogen) atoms. The zero-order valence-electron chi connectivity index (χ0n) is 7.42. The molecule has 0 saturated carbocycles. The van der Waals surface area contributed by atoms with Crippen molar-refractivity contribution in [3.63, 3.8) is 0 Å². The van der Waals surface area contributed by atoms with Crippen LogP contribution in [0.3, 0.4) is 0 Å². The van der Waals surface area contributed by atoms with Gasteiger partial charge in [-0.2, -0.15) is 0 Å². The molecule has 1 rings (SSSR count). The molecule has 3 nitrogen and oxygen atoms in total. The van der Waals surface area contributed by atoms with Gasteiger partial charge >= 0.3 is 5.97 Å². The summed E-state index contributed by atoms with van der Waals surface area (Å²) in [5.74, 6) is 0.0488. The van der Waals surface area contributed by atoms with Gasteiger partial charge in [-0.1, -0.05) is 15.9 Å². The number of ether oxygens (including phenoxy) is 2. The van der Waals surface area contributed by atoms with Gasteiger partial charge in [0.15, 0.2) is 0 Å². The Kier molecular flexibility index (Phi) is 4.57. The molecule has 0 aliphatic carbocycles. The fourth-order valence-corrected chi connectivity index (χ4v) is 1.49. The number of halogens is 2. The largest absolute Gasteiger partial charge is 0.424 e. The molecule has 0 aliphatic heterocycles. The van der Waals surface area contributed by atoms with E-state index in [9.17, 15) is 4.79 Å². The molecule has 0 unspecified atom stereocenters. The first kappa shape index (κ1) is 11.7. The first-order chi connectivity index (χ1) is 6.63. The zero-order chi connectivity index (χ0) is 10.6. The maximum absolute atomic E-state index is 11.1. The summed E-state index contributed by atoms with van der Waals surface area (Å²) in [5.41, 5.74) is 0. The average molecular weight is 324 g/mol. The smallest absolute Gasteiger partial charge is 0.337 e. The summed E-state index contributed by atoms with van der Waals surface area (Å²) in [6.45, 7) is -0.0566. The van der Waals surface area contributed by atoms with Crippen LogP contribution in [0, 0.1) is 0 Å². The standard InChI is InChI=1S/C9H8Br2O3/c1-13-5-9(12)14-8-4-6(10)2-3-7(8)11/h2-4H,5H2,1H3. The van der Waals surface area contributed by atoms with Gasteiger partial charge in [-0.15, -0.1) is 0 Å². The van der Waals surface area contributed by atoms with Gasteiger partial charge < -0.3 is 9.47 Å². The van der Waals surface area contributed by atoms with E-state index in [2.05, 4.69) is 36.6 Å². The van der Waals surface area contributed by atoms with Crippen LogP contribution in [-0.2, 0) is 9.53 Å². The Bertz CT molecular complexity index is 339. The first-order valence-electron chi connectivity index (χ1n) is 3.78. The SMILES string of the molecule is COCC(=O)Oc1cc(Br)ccc1Br. The van der Waals surface area contributed by atoms with Crippen molar-refractivity contribution >= 4 is 37.8 Å². The molecule has 1 aromatic carbocycles. The molecule has 0 heterocycles. The van der Waals surface area contributed by atoms with Crippen LogP contribution < -0.4 is 4.74 Å². The third-order valence-corrected chi connectivity index (χ3v) is 2.53. The number of esters is 1. The van der Waals surface area contributed by atoms with Gasteiger partial charge in [-0.05, 0) is 34.1 Å². The van der Waals surface area contributed by atoms with Gasteiger partial charge in [0.2, 0.25) is 0 Å². The second kappa shape index (κ2) is 5.48. The van der Waals surface area contributed by atoms with Gasteiger partial charge in [0.05, 0.1) is 4.47 Å². The normalized spacial score (nSPS) is 9.93. The summed E-state index contributed by atoms with van der Waals surface area (Å²) in [6.07, 6.45) is 0. The maximum Gasteiger partial charge on any atom is 0.337 e. The van der Waals surface area contributed by atoms with Crippen molar-refractivity contribution in [1.82, 2.24) is 0 Å². The number of carbonyl (C=O) groups excluding carboxylic acids is 1. The Morgan fingerprint density at radius 1 is 1.43 bits per heavy atom. The molecule has 0 aromatic heterocycles. The van der Waals surface area contributed by atoms with Crippen molar-refractivity contribution < 1.29 is 14.3 Å². The fourth-order valence-electron chi connectivity index (χ4n) is 0.825. The van der Waals surface area contributed by atoms with E-state index >= 15 is 0 Å². The lowest BCUT2D eigenvalue weighted by atomic mass is 10.3. The minimum atomic E-state index is -0.425. The lowest BCUT2D eigenvalue weighted by Crippen LogP contribution is -2.14. The molecule has 1 aromatic rings. The van der Waals surface area contributed by atoms with E-state index in [1.807, 2.05) is 6.07 Å². The molecule has 5 heteroatoms. The van der Waals surface area contributed by atoms with Crippen molar-refractivity contribution in [3.05, 3.63) is 27.1 Å². The molecular formula is C9H8Br2O3. The number of benzene rings is 1. The topological polar surface area (TPSA) is 35.5 Å². The van der Waals surface area contributed by atoms with Crippen LogP contribution in [0.15, 0.2) is 27.1 Å². The Labute approximate surface area is 98.6 Å². The van der Waals surface area contributed by atoms with Gasteiger partial charge in [-0.3, -0.25) is 0 Å². The van der Waals surface area contributed by atoms with Gasteiger partial charge in [0.25, 0.3) is 0 Å². The van der Waals surface area contributed by atoms with E-state index in [1.54, 1.807) is 12.1 Å². The van der Waals surface area contributed by atoms with Crippen LogP contribution in [0.4, 0.5) is 0 Å². The van der Waals surface area contributed by atoms with Crippen molar-refractivity contribution in [2.45, 2.75) is 0 Å². The van der Waals surface area contributed by atoms with Crippen LogP contribution in [0.1, 0.15) is 0 Å². The summed E-state index contributed by atoms with van der Waals surface area (Å²) < 4.78 is 11.2. The van der Waals surface area contributed by atoms with Crippen LogP contribution in [0.5, 0.6) is 5.75 Å². The Morgan fingerprint density at radius 2 is 2.14 bits per heavy atom. The Balaban J connectivity index is 2.75. The lowest BCUT2D eigenvalue weighted by Gasteiger charge is -2.05. The monoisotopic (exact) mass is 322 g/mol. The molecule has 0 N–H and O–H groups in total. The van der Waals surface area contributed by atoms with Crippen molar-refractivity contribution in [2.75, 3.05) is 13.7 Å².